The molecule has 0 aromatic heterocycles. The van der Waals surface area contributed by atoms with E-state index in [1.807, 2.05) is 63.2 Å². The van der Waals surface area contributed by atoms with Crippen molar-refractivity contribution in [3.05, 3.63) is 94.5 Å². The molecule has 0 fully saturated rings. The molecule has 0 saturated heterocycles. The van der Waals surface area contributed by atoms with Crippen molar-refractivity contribution < 1.29 is 13.2 Å². The summed E-state index contributed by atoms with van der Waals surface area (Å²) in [4.78, 5) is 12.6. The molecule has 1 amide bonds. The molecule has 5 nitrogen and oxygen atoms in total. The highest BCUT2D eigenvalue weighted by atomic mass is 32.2. The summed E-state index contributed by atoms with van der Waals surface area (Å²) < 4.78 is 26.2. The fourth-order valence-electron chi connectivity index (χ4n) is 3.19. The number of anilines is 2. The molecule has 156 valence electrons. The first-order valence-electron chi connectivity index (χ1n) is 9.66. The standard InChI is InChI=1S/C24H26N2O3S/c1-17-9-10-19(3)23(15-17)25-24(27)20-11-13-22(14-12-20)26(30(4,28)29)16-21-8-6-5-7-18(21)2/h5-15H,16H2,1-4H3,(H,25,27). The molecule has 3 aromatic rings. The van der Waals surface area contributed by atoms with Gasteiger partial charge in [-0.2, -0.15) is 0 Å². The van der Waals surface area contributed by atoms with Crippen LogP contribution in [0, 0.1) is 20.8 Å². The fraction of sp³-hybridized carbons (Fsp3) is 0.208. The predicted molar refractivity (Wildman–Crippen MR) is 123 cm³/mol. The molecule has 1 N–H and O–H groups in total. The molecule has 0 radical (unpaired) electrons. The summed E-state index contributed by atoms with van der Waals surface area (Å²) in [6.07, 6.45) is 1.19. The van der Waals surface area contributed by atoms with Gasteiger partial charge >= 0.3 is 0 Å². The maximum Gasteiger partial charge on any atom is 0.255 e. The Morgan fingerprint density at radius 2 is 1.57 bits per heavy atom. The van der Waals surface area contributed by atoms with E-state index in [1.54, 1.807) is 24.3 Å². The molecule has 0 aliphatic rings. The van der Waals surface area contributed by atoms with E-state index in [0.29, 0.717) is 11.3 Å². The molecule has 0 saturated carbocycles. The average Bonchev–Trinajstić information content (AvgIpc) is 2.69. The minimum atomic E-state index is -3.49. The minimum Gasteiger partial charge on any atom is -0.322 e. The highest BCUT2D eigenvalue weighted by molar-refractivity contribution is 7.92. The van der Waals surface area contributed by atoms with Crippen LogP contribution in [0.4, 0.5) is 11.4 Å². The Morgan fingerprint density at radius 1 is 0.900 bits per heavy atom. The largest absolute Gasteiger partial charge is 0.322 e. The maximum atomic E-state index is 12.6. The van der Waals surface area contributed by atoms with Crippen molar-refractivity contribution in [3.8, 4) is 0 Å². The summed E-state index contributed by atoms with van der Waals surface area (Å²) in [5.74, 6) is -0.236. The second kappa shape index (κ2) is 8.71. The number of hydrogen-bond acceptors (Lipinski definition) is 3. The van der Waals surface area contributed by atoms with E-state index >= 15 is 0 Å². The second-order valence-corrected chi connectivity index (χ2v) is 9.42. The van der Waals surface area contributed by atoms with Crippen molar-refractivity contribution in [2.24, 2.45) is 0 Å². The third kappa shape index (κ3) is 5.07. The highest BCUT2D eigenvalue weighted by Gasteiger charge is 2.19. The van der Waals surface area contributed by atoms with Gasteiger partial charge in [-0.05, 0) is 73.4 Å². The molecule has 0 heterocycles. The van der Waals surface area contributed by atoms with E-state index in [4.69, 9.17) is 0 Å². The SMILES string of the molecule is Cc1ccc(C)c(NC(=O)c2ccc(N(Cc3ccccc3C)S(C)(=O)=O)cc2)c1. The Hall–Kier alpha value is -3.12. The molecule has 30 heavy (non-hydrogen) atoms. The Bertz CT molecular complexity index is 1170. The number of aryl methyl sites for hydroxylation is 3. The van der Waals surface area contributed by atoms with Crippen molar-refractivity contribution >= 4 is 27.3 Å². The molecule has 0 spiro atoms. The molecule has 0 atom stereocenters. The van der Waals surface area contributed by atoms with Crippen molar-refractivity contribution in [1.82, 2.24) is 0 Å². The summed E-state index contributed by atoms with van der Waals surface area (Å²) in [5.41, 5.74) is 5.74. The van der Waals surface area contributed by atoms with Crippen LogP contribution in [0.2, 0.25) is 0 Å². The van der Waals surface area contributed by atoms with Crippen LogP contribution in [0.3, 0.4) is 0 Å². The van der Waals surface area contributed by atoms with Gasteiger partial charge in [0.2, 0.25) is 10.0 Å². The lowest BCUT2D eigenvalue weighted by atomic mass is 10.1. The predicted octanol–water partition coefficient (Wildman–Crippen LogP) is 4.83. The Morgan fingerprint density at radius 3 is 2.20 bits per heavy atom. The summed E-state index contributed by atoms with van der Waals surface area (Å²) >= 11 is 0. The highest BCUT2D eigenvalue weighted by Crippen LogP contribution is 2.23. The maximum absolute atomic E-state index is 12.6. The van der Waals surface area contributed by atoms with E-state index in [-0.39, 0.29) is 12.5 Å². The Kier molecular flexibility index (Phi) is 6.27. The van der Waals surface area contributed by atoms with E-state index in [0.717, 1.165) is 27.9 Å². The van der Waals surface area contributed by atoms with Gasteiger partial charge in [0, 0.05) is 11.3 Å². The van der Waals surface area contributed by atoms with Gasteiger partial charge in [0.25, 0.3) is 5.91 Å². The zero-order valence-electron chi connectivity index (χ0n) is 17.6. The van der Waals surface area contributed by atoms with Gasteiger partial charge in [-0.15, -0.1) is 0 Å². The molecule has 0 aliphatic heterocycles. The number of amides is 1. The van der Waals surface area contributed by atoms with Crippen LogP contribution in [-0.4, -0.2) is 20.6 Å². The molecule has 3 aromatic carbocycles. The zero-order valence-corrected chi connectivity index (χ0v) is 18.5. The van der Waals surface area contributed by atoms with Gasteiger partial charge in [0.1, 0.15) is 0 Å². The minimum absolute atomic E-state index is 0.236. The monoisotopic (exact) mass is 422 g/mol. The van der Waals surface area contributed by atoms with Gasteiger partial charge in [-0.1, -0.05) is 36.4 Å². The summed E-state index contributed by atoms with van der Waals surface area (Å²) in [5, 5.41) is 2.92. The van der Waals surface area contributed by atoms with E-state index in [9.17, 15) is 13.2 Å². The van der Waals surface area contributed by atoms with Crippen LogP contribution >= 0.6 is 0 Å². The molecule has 0 aliphatic carbocycles. The molecular formula is C24H26N2O3S. The van der Waals surface area contributed by atoms with Crippen molar-refractivity contribution in [2.75, 3.05) is 15.9 Å². The van der Waals surface area contributed by atoms with E-state index < -0.39 is 10.0 Å². The quantitative estimate of drug-likeness (QED) is 0.619. The number of carbonyl (C=O) groups is 1. The smallest absolute Gasteiger partial charge is 0.255 e. The van der Waals surface area contributed by atoms with Crippen LogP contribution in [-0.2, 0) is 16.6 Å². The third-order valence-corrected chi connectivity index (χ3v) is 6.17. The third-order valence-electron chi connectivity index (χ3n) is 5.03. The fourth-order valence-corrected chi connectivity index (χ4v) is 4.06. The van der Waals surface area contributed by atoms with Crippen LogP contribution in [0.25, 0.3) is 0 Å². The summed E-state index contributed by atoms with van der Waals surface area (Å²) in [6, 6.07) is 20.2. The number of benzene rings is 3. The van der Waals surface area contributed by atoms with Crippen molar-refractivity contribution in [3.63, 3.8) is 0 Å². The second-order valence-electron chi connectivity index (χ2n) is 7.52. The Labute approximate surface area is 178 Å². The average molecular weight is 423 g/mol. The first-order chi connectivity index (χ1) is 14.1. The molecule has 3 rings (SSSR count). The molecule has 6 heteroatoms. The van der Waals surface area contributed by atoms with Gasteiger partial charge in [0.15, 0.2) is 0 Å². The van der Waals surface area contributed by atoms with E-state index in [1.165, 1.54) is 10.6 Å². The van der Waals surface area contributed by atoms with Crippen LogP contribution in [0.5, 0.6) is 0 Å². The first kappa shape index (κ1) is 21.6. The van der Waals surface area contributed by atoms with Crippen LogP contribution < -0.4 is 9.62 Å². The molecular weight excluding hydrogens is 396 g/mol. The number of hydrogen-bond donors (Lipinski definition) is 1. The lowest BCUT2D eigenvalue weighted by Gasteiger charge is -2.23. The van der Waals surface area contributed by atoms with Crippen molar-refractivity contribution in [1.29, 1.82) is 0 Å². The number of nitrogens with zero attached hydrogens (tertiary/aromatic N) is 1. The van der Waals surface area contributed by atoms with Gasteiger partial charge in [-0.25, -0.2) is 8.42 Å². The van der Waals surface area contributed by atoms with Crippen LogP contribution in [0.1, 0.15) is 32.6 Å². The lowest BCUT2D eigenvalue weighted by Crippen LogP contribution is -2.29. The first-order valence-corrected chi connectivity index (χ1v) is 11.5. The van der Waals surface area contributed by atoms with Gasteiger partial charge in [0.05, 0.1) is 18.5 Å². The topological polar surface area (TPSA) is 66.5 Å². The Balaban J connectivity index is 1.84. The van der Waals surface area contributed by atoms with Gasteiger partial charge < -0.3 is 5.32 Å². The number of nitrogens with one attached hydrogen (secondary N) is 1. The van der Waals surface area contributed by atoms with Crippen LogP contribution in [0.15, 0.2) is 66.7 Å². The van der Waals surface area contributed by atoms with Crippen molar-refractivity contribution in [2.45, 2.75) is 27.3 Å². The lowest BCUT2D eigenvalue weighted by molar-refractivity contribution is 0.102. The number of sulfonamides is 1. The molecule has 0 bridgehead atoms. The zero-order chi connectivity index (χ0) is 21.9. The number of carbonyl (C=O) groups excluding carboxylic acids is 1. The summed E-state index contributed by atoms with van der Waals surface area (Å²) in [7, 11) is -3.49. The van der Waals surface area contributed by atoms with E-state index in [2.05, 4.69) is 5.32 Å². The molecule has 0 unspecified atom stereocenters. The van der Waals surface area contributed by atoms with Gasteiger partial charge in [-0.3, -0.25) is 9.10 Å². The number of rotatable bonds is 6. The normalized spacial score (nSPS) is 11.2. The summed E-state index contributed by atoms with van der Waals surface area (Å²) in [6.45, 7) is 6.10.